The second-order valence-corrected chi connectivity index (χ2v) is 4.95. The van der Waals surface area contributed by atoms with Gasteiger partial charge >= 0.3 is 0 Å². The summed E-state index contributed by atoms with van der Waals surface area (Å²) in [5, 5.41) is 7.83. The van der Waals surface area contributed by atoms with E-state index in [1.165, 1.54) is 0 Å². The summed E-state index contributed by atoms with van der Waals surface area (Å²) in [7, 11) is 0. The average molecular weight is 334 g/mol. The Morgan fingerprint density at radius 1 is 1.40 bits per heavy atom. The monoisotopic (exact) mass is 333 g/mol. The molecule has 2 aromatic rings. The normalized spacial score (nSPS) is 12.7. The molecule has 1 aromatic carbocycles. The number of halogens is 2. The molecule has 0 aliphatic rings. The van der Waals surface area contributed by atoms with E-state index in [4.69, 9.17) is 11.6 Å². The molecule has 0 amide bonds. The fourth-order valence-electron chi connectivity index (χ4n) is 1.32. The Hall–Kier alpha value is -0.620. The van der Waals surface area contributed by atoms with Gasteiger partial charge in [0.1, 0.15) is 0 Å². The number of aromatic nitrogens is 3. The highest BCUT2D eigenvalue weighted by molar-refractivity contribution is 14.1. The van der Waals surface area contributed by atoms with Gasteiger partial charge in [0.05, 0.1) is 23.0 Å². The molecule has 78 valence electrons. The molecule has 0 N–H and O–H groups in total. The topological polar surface area (TPSA) is 30.7 Å². The molecule has 0 saturated carbocycles. The lowest BCUT2D eigenvalue weighted by molar-refractivity contribution is 0.758. The smallest absolute Gasteiger partial charge is 0.0822 e. The van der Waals surface area contributed by atoms with Gasteiger partial charge in [-0.05, 0) is 41.6 Å². The molecule has 15 heavy (non-hydrogen) atoms. The van der Waals surface area contributed by atoms with Crippen molar-refractivity contribution in [3.05, 3.63) is 39.7 Å². The van der Waals surface area contributed by atoms with Crippen LogP contribution in [0.1, 0.15) is 18.0 Å². The lowest BCUT2D eigenvalue weighted by atomic mass is 10.3. The van der Waals surface area contributed by atoms with Crippen molar-refractivity contribution in [2.75, 3.05) is 0 Å². The van der Waals surface area contributed by atoms with Crippen molar-refractivity contribution in [3.63, 3.8) is 0 Å². The minimum absolute atomic E-state index is 0.101. The van der Waals surface area contributed by atoms with Crippen molar-refractivity contribution in [2.45, 2.75) is 12.3 Å². The van der Waals surface area contributed by atoms with Gasteiger partial charge in [0.2, 0.25) is 0 Å². The zero-order valence-electron chi connectivity index (χ0n) is 8.06. The minimum Gasteiger partial charge on any atom is -0.215 e. The zero-order valence-corrected chi connectivity index (χ0v) is 11.0. The molecule has 1 atom stereocenters. The standard InChI is InChI=1S/C10H9ClIN3/c1-7(11)10-6-13-14-15(10)9-5-3-2-4-8(9)12/h2-7H,1H3. The van der Waals surface area contributed by atoms with Gasteiger partial charge in [0, 0.05) is 3.57 Å². The SMILES string of the molecule is CC(Cl)c1cnnn1-c1ccccc1I. The number of para-hydroxylation sites is 1. The molecular formula is C10H9ClIN3. The highest BCUT2D eigenvalue weighted by Crippen LogP contribution is 2.23. The molecule has 0 aliphatic heterocycles. The molecule has 0 bridgehead atoms. The summed E-state index contributed by atoms with van der Waals surface area (Å²) in [6.07, 6.45) is 1.70. The number of hydrogen-bond donors (Lipinski definition) is 0. The number of benzene rings is 1. The molecule has 0 saturated heterocycles. The largest absolute Gasteiger partial charge is 0.215 e. The average Bonchev–Trinajstić information content (AvgIpc) is 2.67. The van der Waals surface area contributed by atoms with Crippen molar-refractivity contribution in [2.24, 2.45) is 0 Å². The van der Waals surface area contributed by atoms with E-state index < -0.39 is 0 Å². The first-order valence-electron chi connectivity index (χ1n) is 4.49. The second kappa shape index (κ2) is 4.49. The van der Waals surface area contributed by atoms with E-state index in [-0.39, 0.29) is 5.38 Å². The van der Waals surface area contributed by atoms with Gasteiger partial charge in [-0.25, -0.2) is 4.68 Å². The van der Waals surface area contributed by atoms with Crippen LogP contribution >= 0.6 is 34.2 Å². The zero-order chi connectivity index (χ0) is 10.8. The third kappa shape index (κ3) is 2.15. The van der Waals surface area contributed by atoms with Crippen molar-refractivity contribution < 1.29 is 0 Å². The van der Waals surface area contributed by atoms with Crippen LogP contribution in [0, 0.1) is 3.57 Å². The molecule has 0 radical (unpaired) electrons. The Morgan fingerprint density at radius 3 is 2.80 bits per heavy atom. The van der Waals surface area contributed by atoms with Crippen LogP contribution in [-0.2, 0) is 0 Å². The maximum Gasteiger partial charge on any atom is 0.0822 e. The van der Waals surface area contributed by atoms with E-state index in [0.717, 1.165) is 15.0 Å². The van der Waals surface area contributed by atoms with Crippen molar-refractivity contribution in [1.82, 2.24) is 15.0 Å². The Bertz CT molecular complexity index is 467. The van der Waals surface area contributed by atoms with Gasteiger partial charge in [-0.2, -0.15) is 0 Å². The van der Waals surface area contributed by atoms with E-state index in [1.54, 1.807) is 10.9 Å². The number of hydrogen-bond acceptors (Lipinski definition) is 2. The second-order valence-electron chi connectivity index (χ2n) is 3.14. The Morgan fingerprint density at radius 2 is 2.13 bits per heavy atom. The summed E-state index contributed by atoms with van der Waals surface area (Å²) in [6.45, 7) is 1.91. The molecule has 3 nitrogen and oxygen atoms in total. The number of alkyl halides is 1. The number of rotatable bonds is 2. The summed E-state index contributed by atoms with van der Waals surface area (Å²) >= 11 is 8.32. The Balaban J connectivity index is 2.55. The Labute approximate surface area is 107 Å². The van der Waals surface area contributed by atoms with Crippen LogP contribution in [0.3, 0.4) is 0 Å². The van der Waals surface area contributed by atoms with Crippen LogP contribution in [0.4, 0.5) is 0 Å². The molecular weight excluding hydrogens is 324 g/mol. The van der Waals surface area contributed by atoms with Crippen LogP contribution in [0.5, 0.6) is 0 Å². The van der Waals surface area contributed by atoms with Crippen molar-refractivity contribution in [3.8, 4) is 5.69 Å². The third-order valence-electron chi connectivity index (χ3n) is 2.06. The molecule has 2 rings (SSSR count). The predicted octanol–water partition coefficient (Wildman–Crippen LogP) is 3.17. The molecule has 1 unspecified atom stereocenters. The molecule has 0 fully saturated rings. The van der Waals surface area contributed by atoms with Crippen molar-refractivity contribution in [1.29, 1.82) is 0 Å². The van der Waals surface area contributed by atoms with Gasteiger partial charge in [0.25, 0.3) is 0 Å². The fourth-order valence-corrected chi connectivity index (χ4v) is 2.09. The van der Waals surface area contributed by atoms with Gasteiger partial charge in [-0.15, -0.1) is 16.7 Å². The van der Waals surface area contributed by atoms with Gasteiger partial charge in [-0.3, -0.25) is 0 Å². The fraction of sp³-hybridized carbons (Fsp3) is 0.200. The summed E-state index contributed by atoms with van der Waals surface area (Å²) in [6, 6.07) is 7.99. The summed E-state index contributed by atoms with van der Waals surface area (Å²) in [5.74, 6) is 0. The lowest BCUT2D eigenvalue weighted by Gasteiger charge is -2.08. The first-order valence-corrected chi connectivity index (χ1v) is 6.01. The maximum atomic E-state index is 6.05. The van der Waals surface area contributed by atoms with Crippen LogP contribution in [0.25, 0.3) is 5.69 Å². The highest BCUT2D eigenvalue weighted by Gasteiger charge is 2.12. The highest BCUT2D eigenvalue weighted by atomic mass is 127. The molecule has 1 heterocycles. The van der Waals surface area contributed by atoms with Crippen LogP contribution in [0.2, 0.25) is 0 Å². The van der Waals surface area contributed by atoms with Crippen LogP contribution < -0.4 is 0 Å². The molecule has 1 aromatic heterocycles. The molecule has 0 aliphatic carbocycles. The molecule has 5 heteroatoms. The Kier molecular flexibility index (Phi) is 3.25. The molecule has 0 spiro atoms. The van der Waals surface area contributed by atoms with Crippen LogP contribution in [-0.4, -0.2) is 15.0 Å². The lowest BCUT2D eigenvalue weighted by Crippen LogP contribution is -2.04. The van der Waals surface area contributed by atoms with E-state index in [0.29, 0.717) is 0 Å². The van der Waals surface area contributed by atoms with E-state index >= 15 is 0 Å². The van der Waals surface area contributed by atoms with Gasteiger partial charge in [-0.1, -0.05) is 17.3 Å². The third-order valence-corrected chi connectivity index (χ3v) is 3.20. The van der Waals surface area contributed by atoms with E-state index in [9.17, 15) is 0 Å². The van der Waals surface area contributed by atoms with E-state index in [1.807, 2.05) is 31.2 Å². The summed E-state index contributed by atoms with van der Waals surface area (Å²) in [4.78, 5) is 0. The minimum atomic E-state index is -0.101. The van der Waals surface area contributed by atoms with Gasteiger partial charge < -0.3 is 0 Å². The number of nitrogens with zero attached hydrogens (tertiary/aromatic N) is 3. The van der Waals surface area contributed by atoms with Gasteiger partial charge in [0.15, 0.2) is 0 Å². The van der Waals surface area contributed by atoms with E-state index in [2.05, 4.69) is 32.9 Å². The maximum absolute atomic E-state index is 6.05. The summed E-state index contributed by atoms with van der Waals surface area (Å²) < 4.78 is 2.90. The van der Waals surface area contributed by atoms with Crippen molar-refractivity contribution >= 4 is 34.2 Å². The first-order chi connectivity index (χ1) is 7.20. The van der Waals surface area contributed by atoms with Crippen LogP contribution in [0.15, 0.2) is 30.5 Å². The predicted molar refractivity (Wildman–Crippen MR) is 68.3 cm³/mol. The quantitative estimate of drug-likeness (QED) is 0.624. The summed E-state index contributed by atoms with van der Waals surface area (Å²) in [5.41, 5.74) is 1.92. The first kappa shape index (κ1) is 10.9.